The molecular weight excluding hydrogens is 454 g/mol. The number of H-pyrrole nitrogens is 1. The number of rotatable bonds is 7. The number of aromatic nitrogens is 2. The zero-order valence-electron chi connectivity index (χ0n) is 19.1. The Morgan fingerprint density at radius 1 is 1.12 bits per heavy atom. The van der Waals surface area contributed by atoms with Crippen LogP contribution in [0, 0.1) is 0 Å². The van der Waals surface area contributed by atoms with Crippen LogP contribution in [0.25, 0.3) is 21.5 Å². The van der Waals surface area contributed by atoms with Crippen LogP contribution in [-0.4, -0.2) is 53.8 Å². The van der Waals surface area contributed by atoms with Gasteiger partial charge >= 0.3 is 5.97 Å². The van der Waals surface area contributed by atoms with Crippen molar-refractivity contribution in [1.82, 2.24) is 14.9 Å². The van der Waals surface area contributed by atoms with Crippen LogP contribution in [0.2, 0.25) is 0 Å². The number of thiazole rings is 1. The number of carbonyl (C=O) groups is 1. The number of carboxylic acids is 1. The Hall–Kier alpha value is -3.56. The molecule has 176 valence electrons. The second kappa shape index (κ2) is 9.00. The topological polar surface area (TPSA) is 96.9 Å². The zero-order chi connectivity index (χ0) is 23.8. The highest BCUT2D eigenvalue weighted by molar-refractivity contribution is 7.15. The molecule has 0 unspecified atom stereocenters. The minimum absolute atomic E-state index is 0.522. The second-order valence-electron chi connectivity index (χ2n) is 8.05. The number of nitrogens with zero attached hydrogens (tertiary/aromatic N) is 2. The molecule has 5 rings (SSSR count). The highest BCUT2D eigenvalue weighted by Gasteiger charge is 2.33. The van der Waals surface area contributed by atoms with Crippen LogP contribution < -0.4 is 14.2 Å². The third-order valence-electron chi connectivity index (χ3n) is 6.21. The third kappa shape index (κ3) is 3.76. The van der Waals surface area contributed by atoms with Crippen molar-refractivity contribution >= 4 is 28.2 Å². The number of aromatic amines is 1. The molecule has 2 aromatic carbocycles. The number of fused-ring (bicyclic) bond motifs is 2. The van der Waals surface area contributed by atoms with E-state index in [0.717, 1.165) is 37.6 Å². The van der Waals surface area contributed by atoms with Crippen molar-refractivity contribution in [2.45, 2.75) is 19.0 Å². The van der Waals surface area contributed by atoms with E-state index in [-0.39, 0.29) is 0 Å². The van der Waals surface area contributed by atoms with Crippen molar-refractivity contribution in [3.8, 4) is 27.8 Å². The molecule has 0 saturated heterocycles. The molecule has 2 aromatic heterocycles. The van der Waals surface area contributed by atoms with Crippen LogP contribution >= 0.6 is 11.3 Å². The Kier molecular flexibility index (Phi) is 5.89. The molecule has 8 nitrogen and oxygen atoms in total. The number of carboxylic acid groups (broad SMARTS) is 1. The fourth-order valence-electron chi connectivity index (χ4n) is 4.56. The Morgan fingerprint density at radius 3 is 2.65 bits per heavy atom. The molecule has 4 aromatic rings. The van der Waals surface area contributed by atoms with E-state index in [9.17, 15) is 9.90 Å². The van der Waals surface area contributed by atoms with Gasteiger partial charge in [0, 0.05) is 47.1 Å². The summed E-state index contributed by atoms with van der Waals surface area (Å²) in [4.78, 5) is 23.6. The summed E-state index contributed by atoms with van der Waals surface area (Å²) in [7, 11) is 4.82. The lowest BCUT2D eigenvalue weighted by molar-refractivity contribution is -0.144. The number of ether oxygens (including phenoxy) is 3. The van der Waals surface area contributed by atoms with Gasteiger partial charge in [-0.2, -0.15) is 0 Å². The van der Waals surface area contributed by atoms with Crippen molar-refractivity contribution in [3.05, 3.63) is 58.7 Å². The average Bonchev–Trinajstić information content (AvgIpc) is 3.48. The summed E-state index contributed by atoms with van der Waals surface area (Å²) in [6, 6.07) is 10.6. The summed E-state index contributed by atoms with van der Waals surface area (Å²) in [5, 5.41) is 11.9. The van der Waals surface area contributed by atoms with Crippen LogP contribution in [-0.2, 0) is 17.8 Å². The SMILES string of the molecule is COc1ccc(-c2nc3c(s2)CN([C@@H](C(=O)O)c2c[nH]c4c(OC)cccc24)CC3)cc1OC. The molecule has 1 aliphatic heterocycles. The standard InChI is InChI=1S/C25H25N3O5S/c1-31-18-8-7-14(11-20(18)33-3)24-27-17-9-10-28(13-21(17)34-24)23(25(29)30)16-12-26-22-15(16)5-4-6-19(22)32-2/h4-8,11-12,23,26H,9-10,13H2,1-3H3,(H,29,30)/t23-/m1/s1. The molecule has 0 fully saturated rings. The summed E-state index contributed by atoms with van der Waals surface area (Å²) < 4.78 is 16.2. The van der Waals surface area contributed by atoms with E-state index in [0.29, 0.717) is 36.8 Å². The lowest BCUT2D eigenvalue weighted by Crippen LogP contribution is -2.37. The maximum Gasteiger partial charge on any atom is 0.325 e. The largest absolute Gasteiger partial charge is 0.495 e. The van der Waals surface area contributed by atoms with E-state index in [1.807, 2.05) is 41.3 Å². The summed E-state index contributed by atoms with van der Waals surface area (Å²) in [6.45, 7) is 1.13. The van der Waals surface area contributed by atoms with Crippen molar-refractivity contribution in [1.29, 1.82) is 0 Å². The maximum atomic E-state index is 12.4. The molecule has 0 amide bonds. The van der Waals surface area contributed by atoms with Crippen molar-refractivity contribution in [3.63, 3.8) is 0 Å². The molecule has 1 aliphatic rings. The smallest absolute Gasteiger partial charge is 0.325 e. The predicted molar refractivity (Wildman–Crippen MR) is 130 cm³/mol. The molecule has 3 heterocycles. The van der Waals surface area contributed by atoms with Crippen molar-refractivity contribution < 1.29 is 24.1 Å². The van der Waals surface area contributed by atoms with Crippen LogP contribution in [0.15, 0.2) is 42.6 Å². The van der Waals surface area contributed by atoms with Gasteiger partial charge < -0.3 is 24.3 Å². The lowest BCUT2D eigenvalue weighted by atomic mass is 10.0. The number of aliphatic carboxylic acids is 1. The van der Waals surface area contributed by atoms with Gasteiger partial charge in [-0.25, -0.2) is 4.98 Å². The minimum Gasteiger partial charge on any atom is -0.495 e. The first-order valence-electron chi connectivity index (χ1n) is 10.9. The lowest BCUT2D eigenvalue weighted by Gasteiger charge is -2.31. The number of hydrogen-bond donors (Lipinski definition) is 2. The Morgan fingerprint density at radius 2 is 1.91 bits per heavy atom. The maximum absolute atomic E-state index is 12.4. The summed E-state index contributed by atoms with van der Waals surface area (Å²) in [5.74, 6) is 1.13. The zero-order valence-corrected chi connectivity index (χ0v) is 19.9. The molecule has 0 aliphatic carbocycles. The van der Waals surface area contributed by atoms with Gasteiger partial charge in [0.15, 0.2) is 11.5 Å². The number of nitrogens with one attached hydrogen (secondary N) is 1. The fraction of sp³-hybridized carbons (Fsp3) is 0.280. The van der Waals surface area contributed by atoms with Crippen molar-refractivity contribution in [2.75, 3.05) is 27.9 Å². The van der Waals surface area contributed by atoms with Gasteiger partial charge in [-0.15, -0.1) is 11.3 Å². The molecule has 0 spiro atoms. The van der Waals surface area contributed by atoms with E-state index in [1.165, 1.54) is 0 Å². The normalized spacial score (nSPS) is 14.6. The van der Waals surface area contributed by atoms with Gasteiger partial charge in [-0.05, 0) is 24.3 Å². The summed E-state index contributed by atoms with van der Waals surface area (Å²) in [6.07, 6.45) is 2.47. The van der Waals surface area contributed by atoms with Crippen molar-refractivity contribution in [2.24, 2.45) is 0 Å². The van der Waals surface area contributed by atoms with Gasteiger partial charge in [0.25, 0.3) is 0 Å². The number of hydrogen-bond acceptors (Lipinski definition) is 7. The van der Waals surface area contributed by atoms with E-state index in [4.69, 9.17) is 19.2 Å². The molecular formula is C25H25N3O5S. The number of para-hydroxylation sites is 1. The van der Waals surface area contributed by atoms with E-state index in [1.54, 1.807) is 38.9 Å². The predicted octanol–water partition coefficient (Wildman–Crippen LogP) is 4.50. The van der Waals surface area contributed by atoms with E-state index >= 15 is 0 Å². The van der Waals surface area contributed by atoms with Gasteiger partial charge in [0.05, 0.1) is 32.5 Å². The first-order chi connectivity index (χ1) is 16.5. The number of benzene rings is 2. The monoisotopic (exact) mass is 479 g/mol. The average molecular weight is 480 g/mol. The van der Waals surface area contributed by atoms with Gasteiger partial charge in [-0.3, -0.25) is 9.69 Å². The molecule has 0 radical (unpaired) electrons. The number of methoxy groups -OCH3 is 3. The third-order valence-corrected chi connectivity index (χ3v) is 7.35. The molecule has 0 bridgehead atoms. The molecule has 2 N–H and O–H groups in total. The van der Waals surface area contributed by atoms with Gasteiger partial charge in [0.1, 0.15) is 16.8 Å². The van der Waals surface area contributed by atoms with Gasteiger partial charge in [0.2, 0.25) is 0 Å². The first-order valence-corrected chi connectivity index (χ1v) is 11.7. The highest BCUT2D eigenvalue weighted by atomic mass is 32.1. The van der Waals surface area contributed by atoms with Crippen LogP contribution in [0.3, 0.4) is 0 Å². The van der Waals surface area contributed by atoms with Crippen LogP contribution in [0.1, 0.15) is 22.2 Å². The Balaban J connectivity index is 1.46. The summed E-state index contributed by atoms with van der Waals surface area (Å²) >= 11 is 1.59. The van der Waals surface area contributed by atoms with Crippen LogP contribution in [0.5, 0.6) is 17.2 Å². The highest BCUT2D eigenvalue weighted by Crippen LogP contribution is 2.39. The molecule has 34 heavy (non-hydrogen) atoms. The first kappa shape index (κ1) is 22.2. The second-order valence-corrected chi connectivity index (χ2v) is 9.13. The fourth-order valence-corrected chi connectivity index (χ4v) is 5.69. The van der Waals surface area contributed by atoms with Gasteiger partial charge in [-0.1, -0.05) is 12.1 Å². The molecule has 1 atom stereocenters. The minimum atomic E-state index is -0.878. The molecule has 9 heteroatoms. The van der Waals surface area contributed by atoms with Crippen LogP contribution in [0.4, 0.5) is 0 Å². The molecule has 0 saturated carbocycles. The Bertz CT molecular complexity index is 1360. The Labute approximate surface area is 200 Å². The van der Waals surface area contributed by atoms with E-state index < -0.39 is 12.0 Å². The summed E-state index contributed by atoms with van der Waals surface area (Å²) in [5.41, 5.74) is 3.50. The van der Waals surface area contributed by atoms with E-state index in [2.05, 4.69) is 4.98 Å². The quantitative estimate of drug-likeness (QED) is 0.403.